The number of unbranched alkanes of at least 4 members (excludes halogenated alkanes) is 1. The zero-order valence-corrected chi connectivity index (χ0v) is 26.8. The highest BCUT2D eigenvalue weighted by atomic mass is 32.2. The topological polar surface area (TPSA) is 204 Å². The lowest BCUT2D eigenvalue weighted by Crippen LogP contribution is -2.50. The Morgan fingerprint density at radius 1 is 0.756 bits per heavy atom. The molecule has 3 aliphatic rings. The molecule has 3 aliphatic heterocycles. The van der Waals surface area contributed by atoms with E-state index in [9.17, 15) is 39.0 Å². The quantitative estimate of drug-likeness (QED) is 0.0635. The Morgan fingerprint density at radius 3 is 1.80 bits per heavy atom. The number of ketones is 1. The highest BCUT2D eigenvalue weighted by molar-refractivity contribution is 8.00. The number of hydrogen-bond donors (Lipinski definition) is 6. The molecule has 0 aliphatic carbocycles. The van der Waals surface area contributed by atoms with Gasteiger partial charge in [-0.1, -0.05) is 6.42 Å². The summed E-state index contributed by atoms with van der Waals surface area (Å²) in [6.45, 7) is 4.49. The molecule has 254 valence electrons. The van der Waals surface area contributed by atoms with Crippen LogP contribution in [0.4, 0.5) is 4.79 Å². The van der Waals surface area contributed by atoms with E-state index >= 15 is 0 Å². The van der Waals surface area contributed by atoms with Crippen LogP contribution in [0.1, 0.15) is 32.6 Å². The van der Waals surface area contributed by atoms with Gasteiger partial charge in [-0.25, -0.2) is 4.79 Å². The van der Waals surface area contributed by atoms with E-state index in [0.717, 1.165) is 18.6 Å². The van der Waals surface area contributed by atoms with Crippen LogP contribution in [-0.2, 0) is 24.0 Å². The van der Waals surface area contributed by atoms with Gasteiger partial charge in [-0.15, -0.1) is 0 Å². The molecule has 0 aromatic rings. The molecule has 0 bridgehead atoms. The highest BCUT2D eigenvalue weighted by Crippen LogP contribution is 2.33. The third kappa shape index (κ3) is 13.9. The molecule has 0 aromatic carbocycles. The normalized spacial score (nSPS) is 24.0. The van der Waals surface area contributed by atoms with Crippen molar-refractivity contribution >= 4 is 47.3 Å². The molecule has 0 radical (unpaired) electrons. The molecule has 0 aromatic heterocycles. The molecular formula is C28H48N8O8S. The maximum atomic E-state index is 12.8. The van der Waals surface area contributed by atoms with Crippen molar-refractivity contribution in [3.63, 3.8) is 0 Å². The minimum absolute atomic E-state index is 0.000760. The third-order valence-corrected chi connectivity index (χ3v) is 9.62. The van der Waals surface area contributed by atoms with Crippen molar-refractivity contribution in [2.45, 2.75) is 49.9 Å². The third-order valence-electron chi connectivity index (χ3n) is 8.11. The maximum absolute atomic E-state index is 12.8. The summed E-state index contributed by atoms with van der Waals surface area (Å²) in [4.78, 5) is 78.6. The van der Waals surface area contributed by atoms with Crippen LogP contribution in [0.3, 0.4) is 0 Å². The Labute approximate surface area is 267 Å². The van der Waals surface area contributed by atoms with Gasteiger partial charge < -0.3 is 31.5 Å². The van der Waals surface area contributed by atoms with Gasteiger partial charge in [0.25, 0.3) is 0 Å². The number of aliphatic carboxylic acids is 2. The first kappa shape index (κ1) is 36.5. The predicted molar refractivity (Wildman–Crippen MR) is 167 cm³/mol. The number of carboxylic acids is 2. The number of fused-ring (bicyclic) bond motifs is 1. The number of carbonyl (C=O) groups is 6. The lowest BCUT2D eigenvalue weighted by Gasteiger charge is -2.33. The number of nitrogens with one attached hydrogen (secondary N) is 4. The molecule has 0 unspecified atom stereocenters. The van der Waals surface area contributed by atoms with E-state index in [0.29, 0.717) is 70.4 Å². The van der Waals surface area contributed by atoms with Gasteiger partial charge in [-0.2, -0.15) is 11.8 Å². The molecule has 3 saturated heterocycles. The molecule has 16 nitrogen and oxygen atoms in total. The van der Waals surface area contributed by atoms with E-state index in [1.54, 1.807) is 9.80 Å². The number of carboxylic acid groups (broad SMARTS) is 2. The second kappa shape index (κ2) is 18.9. The predicted octanol–water partition coefficient (Wildman–Crippen LogP) is -2.12. The van der Waals surface area contributed by atoms with Gasteiger partial charge in [0.15, 0.2) is 0 Å². The number of Topliss-reactive ketones (excluding diaryl/α,β-unsaturated/α-hetero) is 1. The average molecular weight is 657 g/mol. The number of rotatable bonds is 15. The van der Waals surface area contributed by atoms with Crippen LogP contribution in [0.25, 0.3) is 0 Å². The van der Waals surface area contributed by atoms with Gasteiger partial charge in [0, 0.05) is 69.8 Å². The van der Waals surface area contributed by atoms with Crippen LogP contribution in [-0.4, -0.2) is 174 Å². The zero-order valence-electron chi connectivity index (χ0n) is 26.0. The van der Waals surface area contributed by atoms with Crippen molar-refractivity contribution in [3.8, 4) is 0 Å². The van der Waals surface area contributed by atoms with E-state index in [1.165, 1.54) is 6.92 Å². The molecular weight excluding hydrogens is 608 g/mol. The number of thioether (sulfide) groups is 1. The summed E-state index contributed by atoms with van der Waals surface area (Å²) in [5, 5.41) is 30.4. The van der Waals surface area contributed by atoms with E-state index in [4.69, 9.17) is 0 Å². The molecule has 0 spiro atoms. The number of hydrogen-bond acceptors (Lipinski definition) is 11. The van der Waals surface area contributed by atoms with Crippen molar-refractivity contribution < 1.29 is 39.0 Å². The summed E-state index contributed by atoms with van der Waals surface area (Å²) in [6.07, 6.45) is 2.81. The largest absolute Gasteiger partial charge is 0.480 e. The monoisotopic (exact) mass is 656 g/mol. The van der Waals surface area contributed by atoms with Crippen LogP contribution >= 0.6 is 11.8 Å². The molecule has 3 rings (SSSR count). The fourth-order valence-corrected chi connectivity index (χ4v) is 7.31. The summed E-state index contributed by atoms with van der Waals surface area (Å²) >= 11 is 1.84. The SMILES string of the molecule is CC(=O)CN1CCN(CC(=O)O)CCN(CC(=O)NCNC(=O)CCCC[C@@H]2SC[C@@H]3NC(=O)N[C@@H]32)CCN(CC(=O)O)CC1. The lowest BCUT2D eigenvalue weighted by molar-refractivity contribution is -0.139. The molecule has 3 atom stereocenters. The van der Waals surface area contributed by atoms with Crippen molar-refractivity contribution in [1.82, 2.24) is 40.9 Å². The number of nitrogens with zero attached hydrogens (tertiary/aromatic N) is 4. The minimum Gasteiger partial charge on any atom is -0.480 e. The Kier molecular flexibility index (Phi) is 15.3. The van der Waals surface area contributed by atoms with Gasteiger partial charge in [-0.05, 0) is 19.8 Å². The Balaban J connectivity index is 1.42. The molecule has 6 N–H and O–H groups in total. The Morgan fingerprint density at radius 2 is 1.27 bits per heavy atom. The number of urea groups is 1. The fourth-order valence-electron chi connectivity index (χ4n) is 5.77. The van der Waals surface area contributed by atoms with Gasteiger partial charge in [-0.3, -0.25) is 43.6 Å². The van der Waals surface area contributed by atoms with Crippen LogP contribution in [0.5, 0.6) is 0 Å². The second-order valence-corrected chi connectivity index (χ2v) is 13.1. The Hall–Kier alpha value is -2.99. The van der Waals surface area contributed by atoms with Crippen molar-refractivity contribution in [2.75, 3.05) is 91.0 Å². The molecule has 17 heteroatoms. The summed E-state index contributed by atoms with van der Waals surface area (Å²) in [5.41, 5.74) is 0. The van der Waals surface area contributed by atoms with Crippen LogP contribution < -0.4 is 21.3 Å². The maximum Gasteiger partial charge on any atom is 0.317 e. The Bertz CT molecular complexity index is 1020. The standard InChI is InChI=1S/C28H48N8O8S/c1-20(37)14-33-6-10-35(16-25(40)41)12-8-34(9-13-36(11-7-33)17-26(42)43)15-24(39)30-19-29-23(38)5-3-2-4-22-27-21(18-45-22)31-28(44)32-27/h21-22,27H,2-19H2,1H3,(H,29,38)(H,30,39)(H,40,41)(H,42,43)(H2,31,32,44)/t21-,22-,27-/m0/s1. The lowest BCUT2D eigenvalue weighted by atomic mass is 10.0. The van der Waals surface area contributed by atoms with Crippen molar-refractivity contribution in [2.24, 2.45) is 0 Å². The molecule has 3 heterocycles. The smallest absolute Gasteiger partial charge is 0.317 e. The van der Waals surface area contributed by atoms with Gasteiger partial charge in [0.05, 0.1) is 44.9 Å². The van der Waals surface area contributed by atoms with Crippen LogP contribution in [0, 0.1) is 0 Å². The second-order valence-electron chi connectivity index (χ2n) is 11.8. The summed E-state index contributed by atoms with van der Waals surface area (Å²) < 4.78 is 0. The van der Waals surface area contributed by atoms with Crippen molar-refractivity contribution in [1.29, 1.82) is 0 Å². The van der Waals surface area contributed by atoms with Crippen LogP contribution in [0.15, 0.2) is 0 Å². The summed E-state index contributed by atoms with van der Waals surface area (Å²) in [5.74, 6) is -1.56. The first-order chi connectivity index (χ1) is 21.5. The van der Waals surface area contributed by atoms with E-state index in [-0.39, 0.29) is 68.6 Å². The summed E-state index contributed by atoms with van der Waals surface area (Å²) in [6, 6.07) is 0.211. The molecule has 45 heavy (non-hydrogen) atoms. The van der Waals surface area contributed by atoms with Crippen LogP contribution in [0.2, 0.25) is 0 Å². The summed E-state index contributed by atoms with van der Waals surface area (Å²) in [7, 11) is 0. The zero-order chi connectivity index (χ0) is 32.8. The first-order valence-corrected chi connectivity index (χ1v) is 16.6. The number of amides is 4. The van der Waals surface area contributed by atoms with E-state index in [1.807, 2.05) is 21.6 Å². The first-order valence-electron chi connectivity index (χ1n) is 15.5. The van der Waals surface area contributed by atoms with E-state index < -0.39 is 11.9 Å². The highest BCUT2D eigenvalue weighted by Gasteiger charge is 2.42. The molecule has 3 fully saturated rings. The van der Waals surface area contributed by atoms with E-state index in [2.05, 4.69) is 21.3 Å². The minimum atomic E-state index is -0.974. The average Bonchev–Trinajstić information content (AvgIpc) is 3.50. The molecule has 0 saturated carbocycles. The number of carbonyl (C=O) groups excluding carboxylic acids is 4. The van der Waals surface area contributed by atoms with Gasteiger partial charge >= 0.3 is 18.0 Å². The van der Waals surface area contributed by atoms with Gasteiger partial charge in [0.1, 0.15) is 5.78 Å². The van der Waals surface area contributed by atoms with Gasteiger partial charge in [0.2, 0.25) is 11.8 Å². The van der Waals surface area contributed by atoms with Crippen molar-refractivity contribution in [3.05, 3.63) is 0 Å². The fraction of sp³-hybridized carbons (Fsp3) is 0.786. The molecule has 4 amide bonds.